The van der Waals surface area contributed by atoms with E-state index >= 15 is 0 Å². The number of rotatable bonds is 4. The van der Waals surface area contributed by atoms with Gasteiger partial charge in [0.2, 0.25) is 11.7 Å². The number of hydrogen-bond donors (Lipinski definition) is 1. The van der Waals surface area contributed by atoms with Gasteiger partial charge in [-0.15, -0.1) is 0 Å². The average Bonchev–Trinajstić information content (AvgIpc) is 3.06. The summed E-state index contributed by atoms with van der Waals surface area (Å²) in [7, 11) is 0. The molecule has 122 valence electrons. The van der Waals surface area contributed by atoms with Crippen LogP contribution in [0.15, 0.2) is 53.1 Å². The molecule has 2 aromatic carbocycles. The molecule has 1 heterocycles. The molecule has 3 aromatic rings. The van der Waals surface area contributed by atoms with Gasteiger partial charge < -0.3 is 9.84 Å². The van der Waals surface area contributed by atoms with E-state index in [2.05, 4.69) is 15.5 Å². The summed E-state index contributed by atoms with van der Waals surface area (Å²) < 4.78 is 5.29. The maximum absolute atomic E-state index is 12.3. The molecule has 5 heteroatoms. The normalized spacial score (nSPS) is 12.0. The first-order valence-corrected chi connectivity index (χ1v) is 7.81. The monoisotopic (exact) mass is 321 g/mol. The van der Waals surface area contributed by atoms with Crippen LogP contribution in [0.4, 0.5) is 0 Å². The Morgan fingerprint density at radius 1 is 1.00 bits per heavy atom. The van der Waals surface area contributed by atoms with Crippen molar-refractivity contribution in [1.82, 2.24) is 15.5 Å². The summed E-state index contributed by atoms with van der Waals surface area (Å²) >= 11 is 0. The van der Waals surface area contributed by atoms with Crippen molar-refractivity contribution in [1.29, 1.82) is 0 Å². The molecular formula is C19H19N3O2. The summed E-state index contributed by atoms with van der Waals surface area (Å²) in [6, 6.07) is 14.9. The van der Waals surface area contributed by atoms with Crippen LogP contribution in [0.1, 0.15) is 40.3 Å². The molecule has 0 saturated carbocycles. The molecule has 0 aliphatic heterocycles. The molecule has 0 fully saturated rings. The molecule has 5 nitrogen and oxygen atoms in total. The maximum atomic E-state index is 12.3. The second-order valence-corrected chi connectivity index (χ2v) is 5.88. The summed E-state index contributed by atoms with van der Waals surface area (Å²) in [5.41, 5.74) is 3.76. The lowest BCUT2D eigenvalue weighted by molar-refractivity contribution is 0.0932. The zero-order valence-corrected chi connectivity index (χ0v) is 13.9. The lowest BCUT2D eigenvalue weighted by atomic mass is 10.1. The predicted octanol–water partition coefficient (Wildman–Crippen LogP) is 3.84. The molecule has 0 aliphatic carbocycles. The molecule has 1 unspecified atom stereocenters. The van der Waals surface area contributed by atoms with Crippen LogP contribution < -0.4 is 5.32 Å². The Kier molecular flexibility index (Phi) is 4.42. The Morgan fingerprint density at radius 2 is 1.58 bits per heavy atom. The minimum Gasteiger partial charge on any atom is -0.341 e. The third-order valence-electron chi connectivity index (χ3n) is 3.78. The molecule has 0 saturated heterocycles. The van der Waals surface area contributed by atoms with Gasteiger partial charge in [-0.3, -0.25) is 4.79 Å². The van der Waals surface area contributed by atoms with Crippen LogP contribution in [0.3, 0.4) is 0 Å². The highest BCUT2D eigenvalue weighted by Crippen LogP contribution is 2.19. The topological polar surface area (TPSA) is 68.0 Å². The largest absolute Gasteiger partial charge is 0.341 e. The standard InChI is InChI=1S/C19H19N3O2/c1-12-4-8-15(9-5-12)17-21-19(24-22-17)14(3)20-18(23)16-10-6-13(2)7-11-16/h4-11,14H,1-3H3,(H,20,23). The summed E-state index contributed by atoms with van der Waals surface area (Å²) in [6.07, 6.45) is 0. The van der Waals surface area contributed by atoms with Crippen LogP contribution in [0, 0.1) is 13.8 Å². The number of carbonyl (C=O) groups is 1. The molecule has 1 N–H and O–H groups in total. The highest BCUT2D eigenvalue weighted by molar-refractivity contribution is 5.94. The van der Waals surface area contributed by atoms with Gasteiger partial charge in [-0.2, -0.15) is 4.98 Å². The van der Waals surface area contributed by atoms with Gasteiger partial charge in [0.1, 0.15) is 6.04 Å². The third kappa shape index (κ3) is 3.51. The molecule has 1 aromatic heterocycles. The first-order valence-electron chi connectivity index (χ1n) is 7.81. The number of aryl methyl sites for hydroxylation is 2. The van der Waals surface area contributed by atoms with Crippen molar-refractivity contribution in [2.24, 2.45) is 0 Å². The highest BCUT2D eigenvalue weighted by Gasteiger charge is 2.18. The van der Waals surface area contributed by atoms with E-state index in [1.807, 2.05) is 57.2 Å². The Hall–Kier alpha value is -2.95. The molecule has 0 bridgehead atoms. The van der Waals surface area contributed by atoms with Crippen molar-refractivity contribution in [2.75, 3.05) is 0 Å². The van der Waals surface area contributed by atoms with Crippen LogP contribution in [0.25, 0.3) is 11.4 Å². The third-order valence-corrected chi connectivity index (χ3v) is 3.78. The quantitative estimate of drug-likeness (QED) is 0.792. The molecule has 0 radical (unpaired) electrons. The maximum Gasteiger partial charge on any atom is 0.251 e. The molecule has 1 amide bonds. The lowest BCUT2D eigenvalue weighted by Crippen LogP contribution is -2.26. The van der Waals surface area contributed by atoms with Crippen molar-refractivity contribution in [3.63, 3.8) is 0 Å². The molecule has 0 spiro atoms. The summed E-state index contributed by atoms with van der Waals surface area (Å²) in [4.78, 5) is 16.6. The van der Waals surface area contributed by atoms with Crippen LogP contribution in [-0.2, 0) is 0 Å². The summed E-state index contributed by atoms with van der Waals surface area (Å²) in [5.74, 6) is 0.727. The fourth-order valence-electron chi connectivity index (χ4n) is 2.28. The van der Waals surface area contributed by atoms with Gasteiger partial charge in [-0.1, -0.05) is 52.7 Å². The number of nitrogens with zero attached hydrogens (tertiary/aromatic N) is 2. The number of carbonyl (C=O) groups excluding carboxylic acids is 1. The number of amides is 1. The minimum absolute atomic E-state index is 0.169. The van der Waals surface area contributed by atoms with Gasteiger partial charge in [0.15, 0.2) is 0 Å². The Labute approximate surface area is 140 Å². The first kappa shape index (κ1) is 15.9. The summed E-state index contributed by atoms with van der Waals surface area (Å²) in [5, 5.41) is 6.86. The van der Waals surface area contributed by atoms with E-state index in [1.165, 1.54) is 5.56 Å². The van der Waals surface area contributed by atoms with Crippen molar-refractivity contribution in [3.05, 3.63) is 71.1 Å². The van der Waals surface area contributed by atoms with Gasteiger partial charge >= 0.3 is 0 Å². The van der Waals surface area contributed by atoms with E-state index in [0.29, 0.717) is 17.3 Å². The number of hydrogen-bond acceptors (Lipinski definition) is 4. The van der Waals surface area contributed by atoms with E-state index < -0.39 is 0 Å². The van der Waals surface area contributed by atoms with Crippen LogP contribution in [-0.4, -0.2) is 16.0 Å². The van der Waals surface area contributed by atoms with Crippen molar-refractivity contribution < 1.29 is 9.32 Å². The van der Waals surface area contributed by atoms with E-state index in [9.17, 15) is 4.79 Å². The smallest absolute Gasteiger partial charge is 0.251 e. The Bertz CT molecular complexity index is 836. The number of nitrogens with one attached hydrogen (secondary N) is 1. The van der Waals surface area contributed by atoms with Crippen LogP contribution in [0.5, 0.6) is 0 Å². The number of aromatic nitrogens is 2. The van der Waals surface area contributed by atoms with E-state index in [4.69, 9.17) is 4.52 Å². The second kappa shape index (κ2) is 6.66. The van der Waals surface area contributed by atoms with Crippen molar-refractivity contribution in [3.8, 4) is 11.4 Å². The lowest BCUT2D eigenvalue weighted by Gasteiger charge is -2.09. The van der Waals surface area contributed by atoms with E-state index in [1.54, 1.807) is 12.1 Å². The Balaban J connectivity index is 1.71. The van der Waals surface area contributed by atoms with Gasteiger partial charge in [0, 0.05) is 11.1 Å². The highest BCUT2D eigenvalue weighted by atomic mass is 16.5. The first-order chi connectivity index (χ1) is 11.5. The molecule has 24 heavy (non-hydrogen) atoms. The van der Waals surface area contributed by atoms with Crippen LogP contribution >= 0.6 is 0 Å². The molecule has 0 aliphatic rings. The van der Waals surface area contributed by atoms with Crippen molar-refractivity contribution in [2.45, 2.75) is 26.8 Å². The summed E-state index contributed by atoms with van der Waals surface area (Å²) in [6.45, 7) is 5.82. The SMILES string of the molecule is Cc1ccc(C(=O)NC(C)c2nc(-c3ccc(C)cc3)no2)cc1. The van der Waals surface area contributed by atoms with Gasteiger partial charge in [0.05, 0.1) is 0 Å². The zero-order valence-electron chi connectivity index (χ0n) is 13.9. The molecule has 1 atom stereocenters. The van der Waals surface area contributed by atoms with Crippen molar-refractivity contribution >= 4 is 5.91 Å². The van der Waals surface area contributed by atoms with Crippen LogP contribution in [0.2, 0.25) is 0 Å². The Morgan fingerprint density at radius 3 is 2.21 bits per heavy atom. The van der Waals surface area contributed by atoms with Gasteiger partial charge in [-0.25, -0.2) is 0 Å². The van der Waals surface area contributed by atoms with Gasteiger partial charge in [-0.05, 0) is 32.9 Å². The molecular weight excluding hydrogens is 302 g/mol. The second-order valence-electron chi connectivity index (χ2n) is 5.88. The average molecular weight is 321 g/mol. The molecule has 3 rings (SSSR count). The number of benzene rings is 2. The van der Waals surface area contributed by atoms with E-state index in [0.717, 1.165) is 11.1 Å². The minimum atomic E-state index is -0.370. The predicted molar refractivity (Wildman–Crippen MR) is 91.5 cm³/mol. The van der Waals surface area contributed by atoms with E-state index in [-0.39, 0.29) is 11.9 Å². The zero-order chi connectivity index (χ0) is 17.1. The fraction of sp³-hybridized carbons (Fsp3) is 0.211. The van der Waals surface area contributed by atoms with Gasteiger partial charge in [0.25, 0.3) is 5.91 Å². The fourth-order valence-corrected chi connectivity index (χ4v) is 2.28.